The van der Waals surface area contributed by atoms with Crippen LogP contribution in [0, 0.1) is 6.92 Å². The minimum absolute atomic E-state index is 0.0838. The van der Waals surface area contributed by atoms with Crippen LogP contribution in [0.4, 0.5) is 5.95 Å². The van der Waals surface area contributed by atoms with Crippen LogP contribution in [-0.2, 0) is 6.54 Å². The van der Waals surface area contributed by atoms with Crippen molar-refractivity contribution in [3.8, 4) is 16.9 Å². The molecule has 156 valence electrons. The van der Waals surface area contributed by atoms with Gasteiger partial charge in [-0.1, -0.05) is 54.6 Å². The lowest BCUT2D eigenvalue weighted by atomic mass is 10.0. The molecule has 0 aliphatic carbocycles. The van der Waals surface area contributed by atoms with Crippen LogP contribution in [-0.4, -0.2) is 31.8 Å². The van der Waals surface area contributed by atoms with Crippen molar-refractivity contribution in [3.63, 3.8) is 0 Å². The van der Waals surface area contributed by atoms with E-state index in [4.69, 9.17) is 10.1 Å². The Hall–Kier alpha value is -4.19. The van der Waals surface area contributed by atoms with Gasteiger partial charge < -0.3 is 4.57 Å². The van der Waals surface area contributed by atoms with Gasteiger partial charge in [-0.05, 0) is 36.8 Å². The number of hydrogen-bond donors (Lipinski definition) is 0. The van der Waals surface area contributed by atoms with E-state index in [1.165, 1.54) is 0 Å². The summed E-state index contributed by atoms with van der Waals surface area (Å²) in [6.45, 7) is 3.37. The smallest absolute Gasteiger partial charge is 0.264 e. The summed E-state index contributed by atoms with van der Waals surface area (Å²) in [5.74, 6) is 0.610. The lowest BCUT2D eigenvalue weighted by Crippen LogP contribution is -2.29. The average Bonchev–Trinajstić information content (AvgIpc) is 3.53. The predicted molar refractivity (Wildman–Crippen MR) is 125 cm³/mol. The van der Waals surface area contributed by atoms with Crippen molar-refractivity contribution in [2.24, 2.45) is 0 Å². The summed E-state index contributed by atoms with van der Waals surface area (Å²) in [6.07, 6.45) is 1.84. The molecule has 5 aromatic rings. The Morgan fingerprint density at radius 2 is 1.62 bits per heavy atom. The number of aryl methyl sites for hydroxylation is 1. The minimum atomic E-state index is -0.0838. The van der Waals surface area contributed by atoms with Crippen molar-refractivity contribution in [3.05, 3.63) is 96.2 Å². The summed E-state index contributed by atoms with van der Waals surface area (Å²) in [6, 6.07) is 25.9. The van der Waals surface area contributed by atoms with E-state index in [0.29, 0.717) is 23.8 Å². The van der Waals surface area contributed by atoms with E-state index in [1.54, 1.807) is 9.58 Å². The van der Waals surface area contributed by atoms with Crippen molar-refractivity contribution in [1.82, 2.24) is 19.3 Å². The molecule has 0 saturated heterocycles. The van der Waals surface area contributed by atoms with Crippen molar-refractivity contribution in [1.29, 1.82) is 0 Å². The van der Waals surface area contributed by atoms with Gasteiger partial charge in [0.2, 0.25) is 5.95 Å². The molecule has 6 nitrogen and oxygen atoms in total. The number of nitrogens with zero attached hydrogens (tertiary/aromatic N) is 5. The first-order chi connectivity index (χ1) is 15.7. The van der Waals surface area contributed by atoms with E-state index in [1.807, 2.05) is 92.0 Å². The number of imidazole rings is 1. The molecule has 3 aromatic carbocycles. The molecule has 0 N–H and O–H groups in total. The van der Waals surface area contributed by atoms with Gasteiger partial charge in [0.1, 0.15) is 5.69 Å². The summed E-state index contributed by atoms with van der Waals surface area (Å²) in [5, 5.41) is 4.84. The summed E-state index contributed by atoms with van der Waals surface area (Å²) in [5.41, 5.74) is 6.16. The van der Waals surface area contributed by atoms with Crippen molar-refractivity contribution < 1.29 is 4.79 Å². The second-order valence-electron chi connectivity index (χ2n) is 8.00. The number of amides is 1. The van der Waals surface area contributed by atoms with E-state index >= 15 is 0 Å². The lowest BCUT2D eigenvalue weighted by molar-refractivity contribution is 0.0989. The summed E-state index contributed by atoms with van der Waals surface area (Å²) >= 11 is 0. The second kappa shape index (κ2) is 7.20. The highest BCUT2D eigenvalue weighted by molar-refractivity contribution is 6.10. The van der Waals surface area contributed by atoms with E-state index in [9.17, 15) is 4.79 Å². The first-order valence-corrected chi connectivity index (χ1v) is 10.7. The maximum atomic E-state index is 13.9. The van der Waals surface area contributed by atoms with E-state index in [2.05, 4.69) is 4.57 Å². The molecule has 0 fully saturated rings. The van der Waals surface area contributed by atoms with Crippen LogP contribution in [0.2, 0.25) is 0 Å². The van der Waals surface area contributed by atoms with Crippen molar-refractivity contribution in [2.75, 3.05) is 11.4 Å². The van der Waals surface area contributed by atoms with Crippen LogP contribution in [0.5, 0.6) is 0 Å². The van der Waals surface area contributed by atoms with Gasteiger partial charge in [-0.25, -0.2) is 9.67 Å². The van der Waals surface area contributed by atoms with Gasteiger partial charge in [-0.15, -0.1) is 0 Å². The summed E-state index contributed by atoms with van der Waals surface area (Å²) < 4.78 is 3.90. The molecular formula is C26H21N5O. The molecule has 2 aromatic heterocycles. The molecule has 0 saturated carbocycles. The highest BCUT2D eigenvalue weighted by Gasteiger charge is 2.32. The van der Waals surface area contributed by atoms with Crippen molar-refractivity contribution >= 4 is 22.9 Å². The number of benzene rings is 3. The SMILES string of the molecule is Cc1ccccc1-c1nn(-c2ccccc2)cc1C(=O)N1CCn2c1nc1ccccc12. The van der Waals surface area contributed by atoms with Gasteiger partial charge in [0, 0.05) is 24.8 Å². The number of aromatic nitrogens is 4. The molecule has 6 heteroatoms. The number of fused-ring (bicyclic) bond motifs is 3. The molecule has 0 spiro atoms. The third-order valence-electron chi connectivity index (χ3n) is 6.03. The van der Waals surface area contributed by atoms with Crippen LogP contribution >= 0.6 is 0 Å². The molecule has 6 rings (SSSR count). The summed E-state index contributed by atoms with van der Waals surface area (Å²) in [7, 11) is 0. The molecule has 1 aliphatic heterocycles. The highest BCUT2D eigenvalue weighted by Crippen LogP contribution is 2.32. The van der Waals surface area contributed by atoms with Gasteiger partial charge in [0.15, 0.2) is 0 Å². The Labute approximate surface area is 185 Å². The third kappa shape index (κ3) is 2.84. The first-order valence-electron chi connectivity index (χ1n) is 10.7. The molecule has 1 amide bonds. The fraction of sp³-hybridized carbons (Fsp3) is 0.115. The zero-order valence-corrected chi connectivity index (χ0v) is 17.6. The van der Waals surface area contributed by atoms with Crippen LogP contribution in [0.1, 0.15) is 15.9 Å². The van der Waals surface area contributed by atoms with E-state index < -0.39 is 0 Å². The number of rotatable bonds is 3. The number of carbonyl (C=O) groups excluding carboxylic acids is 1. The molecular weight excluding hydrogens is 398 g/mol. The van der Waals surface area contributed by atoms with Crippen LogP contribution in [0.3, 0.4) is 0 Å². The van der Waals surface area contributed by atoms with E-state index in [0.717, 1.165) is 34.4 Å². The fourth-order valence-electron chi connectivity index (χ4n) is 4.41. The monoisotopic (exact) mass is 419 g/mol. The fourth-order valence-corrected chi connectivity index (χ4v) is 4.41. The van der Waals surface area contributed by atoms with Crippen molar-refractivity contribution in [2.45, 2.75) is 13.5 Å². The van der Waals surface area contributed by atoms with Crippen LogP contribution in [0.25, 0.3) is 28.0 Å². The number of hydrogen-bond acceptors (Lipinski definition) is 3. The second-order valence-corrected chi connectivity index (χ2v) is 8.00. The maximum Gasteiger partial charge on any atom is 0.264 e. The standard InChI is InChI=1S/C26H21N5O/c1-18-9-5-6-12-20(18)24-21(17-31(28-24)19-10-3-2-4-11-19)25(32)30-16-15-29-23-14-8-7-13-22(23)27-26(29)30/h2-14,17H,15-16H2,1H3. The first kappa shape index (κ1) is 18.6. The molecule has 0 radical (unpaired) electrons. The molecule has 1 aliphatic rings. The Balaban J connectivity index is 1.49. The van der Waals surface area contributed by atoms with Gasteiger partial charge in [0.05, 0.1) is 22.3 Å². The number of para-hydroxylation sites is 3. The maximum absolute atomic E-state index is 13.9. The Morgan fingerprint density at radius 1 is 0.875 bits per heavy atom. The van der Waals surface area contributed by atoms with Crippen LogP contribution < -0.4 is 4.90 Å². The zero-order valence-electron chi connectivity index (χ0n) is 17.6. The molecule has 0 bridgehead atoms. The minimum Gasteiger partial charge on any atom is -0.308 e. The van der Waals surface area contributed by atoms with Gasteiger partial charge in [-0.3, -0.25) is 9.69 Å². The molecule has 32 heavy (non-hydrogen) atoms. The topological polar surface area (TPSA) is 56.0 Å². The van der Waals surface area contributed by atoms with Gasteiger partial charge in [-0.2, -0.15) is 5.10 Å². The Kier molecular flexibility index (Phi) is 4.18. The molecule has 0 unspecified atom stereocenters. The predicted octanol–water partition coefficient (Wildman–Crippen LogP) is 4.86. The highest BCUT2D eigenvalue weighted by atomic mass is 16.2. The normalized spacial score (nSPS) is 13.0. The van der Waals surface area contributed by atoms with Gasteiger partial charge in [0.25, 0.3) is 5.91 Å². The Morgan fingerprint density at radius 3 is 2.47 bits per heavy atom. The number of carbonyl (C=O) groups is 1. The zero-order chi connectivity index (χ0) is 21.7. The number of anilines is 1. The molecule has 3 heterocycles. The third-order valence-corrected chi connectivity index (χ3v) is 6.03. The van der Waals surface area contributed by atoms with Crippen LogP contribution in [0.15, 0.2) is 85.1 Å². The lowest BCUT2D eigenvalue weighted by Gasteiger charge is -2.14. The quantitative estimate of drug-likeness (QED) is 0.420. The summed E-state index contributed by atoms with van der Waals surface area (Å²) in [4.78, 5) is 20.4. The molecule has 0 atom stereocenters. The van der Waals surface area contributed by atoms with Gasteiger partial charge >= 0.3 is 0 Å². The largest absolute Gasteiger partial charge is 0.308 e. The average molecular weight is 419 g/mol. The Bertz CT molecular complexity index is 1460. The van der Waals surface area contributed by atoms with E-state index in [-0.39, 0.29) is 5.91 Å².